The number of nitrogens with two attached hydrogens (primary N) is 1. The predicted molar refractivity (Wildman–Crippen MR) is 108 cm³/mol. The monoisotopic (exact) mass is 391 g/mol. The number of nitrogens with zero attached hydrogens (tertiary/aromatic N) is 4. The quantitative estimate of drug-likeness (QED) is 0.647. The molecule has 148 valence electrons. The predicted octanol–water partition coefficient (Wildman–Crippen LogP) is 2.42. The van der Waals surface area contributed by atoms with Crippen LogP contribution in [0.5, 0.6) is 0 Å². The van der Waals surface area contributed by atoms with E-state index in [1.54, 1.807) is 40.5 Å². The van der Waals surface area contributed by atoms with Crippen molar-refractivity contribution in [1.29, 1.82) is 0 Å². The second-order valence-electron chi connectivity index (χ2n) is 6.94. The van der Waals surface area contributed by atoms with E-state index in [9.17, 15) is 9.59 Å². The van der Waals surface area contributed by atoms with Crippen LogP contribution in [-0.2, 0) is 11.3 Å². The molecule has 3 aromatic rings. The molecule has 2 N–H and O–H groups in total. The molecular weight excluding hydrogens is 370 g/mol. The molecule has 8 nitrogen and oxygen atoms in total. The maximum absolute atomic E-state index is 12.3. The number of benzene rings is 1. The van der Waals surface area contributed by atoms with Gasteiger partial charge in [0, 0.05) is 30.7 Å². The third-order valence-electron chi connectivity index (χ3n) is 4.89. The Morgan fingerprint density at radius 3 is 2.72 bits per heavy atom. The zero-order chi connectivity index (χ0) is 20.4. The highest BCUT2D eigenvalue weighted by Gasteiger charge is 2.32. The number of cyclic esters (lactones) is 1. The fourth-order valence-corrected chi connectivity index (χ4v) is 3.34. The van der Waals surface area contributed by atoms with Gasteiger partial charge in [-0.2, -0.15) is 0 Å². The fraction of sp³-hybridized carbons (Fsp3) is 0.238. The van der Waals surface area contributed by atoms with Crippen LogP contribution in [0.3, 0.4) is 0 Å². The summed E-state index contributed by atoms with van der Waals surface area (Å²) in [7, 11) is 0. The molecule has 4 rings (SSSR count). The van der Waals surface area contributed by atoms with E-state index in [0.717, 1.165) is 22.4 Å². The Labute approximate surface area is 167 Å². The van der Waals surface area contributed by atoms with Crippen LogP contribution in [0.4, 0.5) is 10.5 Å². The number of aryl methyl sites for hydroxylation is 1. The molecule has 8 heteroatoms. The van der Waals surface area contributed by atoms with Crippen molar-refractivity contribution in [2.45, 2.75) is 19.6 Å². The molecule has 0 radical (unpaired) electrons. The summed E-state index contributed by atoms with van der Waals surface area (Å²) in [6, 6.07) is 9.40. The Balaban J connectivity index is 1.51. The van der Waals surface area contributed by atoms with Crippen LogP contribution in [0.2, 0.25) is 0 Å². The summed E-state index contributed by atoms with van der Waals surface area (Å²) in [6.07, 6.45) is 6.00. The number of amides is 1. The summed E-state index contributed by atoms with van der Waals surface area (Å²) in [5.41, 5.74) is 9.60. The highest BCUT2D eigenvalue weighted by molar-refractivity contribution is 5.94. The van der Waals surface area contributed by atoms with Crippen LogP contribution in [-0.4, -0.2) is 45.6 Å². The average Bonchev–Trinajstić information content (AvgIpc) is 3.37. The minimum Gasteiger partial charge on any atom is -0.443 e. The molecular formula is C21H21N5O3. The summed E-state index contributed by atoms with van der Waals surface area (Å²) >= 11 is 0. The second-order valence-corrected chi connectivity index (χ2v) is 6.94. The van der Waals surface area contributed by atoms with Gasteiger partial charge in [-0.3, -0.25) is 14.7 Å². The number of aromatic nitrogens is 3. The molecule has 0 bridgehead atoms. The Hall–Kier alpha value is -3.52. The van der Waals surface area contributed by atoms with E-state index in [4.69, 9.17) is 10.5 Å². The lowest BCUT2D eigenvalue weighted by Crippen LogP contribution is -2.27. The van der Waals surface area contributed by atoms with Crippen LogP contribution in [0.1, 0.15) is 16.1 Å². The molecule has 1 amide bonds. The van der Waals surface area contributed by atoms with Gasteiger partial charge in [0.05, 0.1) is 25.1 Å². The number of Topliss-reactive ketones (excluding diaryl/α,β-unsaturated/α-hetero) is 1. The first-order valence-electron chi connectivity index (χ1n) is 9.29. The number of ether oxygens (including phenoxy) is 1. The standard InChI is InChI=1S/C21H21N5O3/c1-14-8-15(3-5-19(14)26-11-17(9-22)29-21(26)28)16-2-4-18(24-10-16)20(27)12-25-7-6-23-13-25/h2-8,10,13,17H,9,11-12,22H2,1H3/t17-/m0/s1. The van der Waals surface area contributed by atoms with E-state index >= 15 is 0 Å². The van der Waals surface area contributed by atoms with Crippen LogP contribution in [0.15, 0.2) is 55.2 Å². The molecule has 1 atom stereocenters. The van der Waals surface area contributed by atoms with Crippen molar-refractivity contribution >= 4 is 17.6 Å². The number of carbonyl (C=O) groups excluding carboxylic acids is 2. The first kappa shape index (κ1) is 18.8. The van der Waals surface area contributed by atoms with Gasteiger partial charge >= 0.3 is 6.09 Å². The van der Waals surface area contributed by atoms with Gasteiger partial charge in [-0.1, -0.05) is 12.1 Å². The Kier molecular flexibility index (Phi) is 5.09. The van der Waals surface area contributed by atoms with Crippen molar-refractivity contribution in [3.05, 3.63) is 66.5 Å². The van der Waals surface area contributed by atoms with Gasteiger partial charge < -0.3 is 15.0 Å². The van der Waals surface area contributed by atoms with Crippen LogP contribution in [0.25, 0.3) is 11.1 Å². The maximum atomic E-state index is 12.3. The molecule has 3 heterocycles. The SMILES string of the molecule is Cc1cc(-c2ccc(C(=O)Cn3ccnc3)nc2)ccc1N1C[C@H](CN)OC1=O. The molecule has 1 aromatic carbocycles. The van der Waals surface area contributed by atoms with Gasteiger partial charge in [0.25, 0.3) is 0 Å². The van der Waals surface area contributed by atoms with Crippen molar-refractivity contribution in [1.82, 2.24) is 14.5 Å². The van der Waals surface area contributed by atoms with E-state index < -0.39 is 0 Å². The minimum absolute atomic E-state index is 0.0805. The Morgan fingerprint density at radius 2 is 2.10 bits per heavy atom. The molecule has 1 aliphatic heterocycles. The lowest BCUT2D eigenvalue weighted by molar-refractivity contribution is 0.0967. The molecule has 0 unspecified atom stereocenters. The lowest BCUT2D eigenvalue weighted by Gasteiger charge is -2.17. The molecule has 0 spiro atoms. The Bertz CT molecular complexity index is 1030. The van der Waals surface area contributed by atoms with Crippen LogP contribution in [0, 0.1) is 6.92 Å². The number of rotatable bonds is 6. The normalized spacial score (nSPS) is 16.1. The van der Waals surface area contributed by atoms with Gasteiger partial charge in [0.1, 0.15) is 11.8 Å². The first-order chi connectivity index (χ1) is 14.0. The van der Waals surface area contributed by atoms with Crippen molar-refractivity contribution in [3.8, 4) is 11.1 Å². The molecule has 1 fully saturated rings. The smallest absolute Gasteiger partial charge is 0.414 e. The van der Waals surface area contributed by atoms with Crippen LogP contribution < -0.4 is 10.6 Å². The zero-order valence-electron chi connectivity index (χ0n) is 16.0. The van der Waals surface area contributed by atoms with Gasteiger partial charge in [0.15, 0.2) is 0 Å². The topological polar surface area (TPSA) is 103 Å². The van der Waals surface area contributed by atoms with E-state index in [0.29, 0.717) is 18.8 Å². The number of imidazole rings is 1. The highest BCUT2D eigenvalue weighted by Crippen LogP contribution is 2.29. The number of hydrogen-bond acceptors (Lipinski definition) is 6. The minimum atomic E-state index is -0.376. The Morgan fingerprint density at radius 1 is 1.28 bits per heavy atom. The third kappa shape index (κ3) is 3.88. The average molecular weight is 391 g/mol. The van der Waals surface area contributed by atoms with Crippen molar-refractivity contribution < 1.29 is 14.3 Å². The van der Waals surface area contributed by atoms with E-state index in [1.807, 2.05) is 31.2 Å². The van der Waals surface area contributed by atoms with E-state index in [1.165, 1.54) is 0 Å². The fourth-order valence-electron chi connectivity index (χ4n) is 3.34. The van der Waals surface area contributed by atoms with Gasteiger partial charge in [-0.05, 0) is 36.2 Å². The highest BCUT2D eigenvalue weighted by atomic mass is 16.6. The lowest BCUT2D eigenvalue weighted by atomic mass is 10.0. The number of hydrogen-bond donors (Lipinski definition) is 1. The van der Waals surface area contributed by atoms with Crippen molar-refractivity contribution in [2.24, 2.45) is 5.73 Å². The summed E-state index contributed by atoms with van der Waals surface area (Å²) in [6.45, 7) is 2.90. The number of pyridine rings is 1. The molecule has 2 aromatic heterocycles. The number of ketones is 1. The zero-order valence-corrected chi connectivity index (χ0v) is 16.0. The largest absolute Gasteiger partial charge is 0.443 e. The van der Waals surface area contributed by atoms with Crippen LogP contribution >= 0.6 is 0 Å². The number of carbonyl (C=O) groups is 2. The maximum Gasteiger partial charge on any atom is 0.414 e. The second kappa shape index (κ2) is 7.84. The molecule has 29 heavy (non-hydrogen) atoms. The molecule has 1 aliphatic rings. The first-order valence-corrected chi connectivity index (χ1v) is 9.29. The van der Waals surface area contributed by atoms with Crippen molar-refractivity contribution in [3.63, 3.8) is 0 Å². The van der Waals surface area contributed by atoms with Gasteiger partial charge in [0.2, 0.25) is 5.78 Å². The van der Waals surface area contributed by atoms with Crippen molar-refractivity contribution in [2.75, 3.05) is 18.0 Å². The van der Waals surface area contributed by atoms with E-state index in [2.05, 4.69) is 9.97 Å². The summed E-state index contributed by atoms with van der Waals surface area (Å²) in [4.78, 5) is 34.2. The van der Waals surface area contributed by atoms with E-state index in [-0.39, 0.29) is 24.5 Å². The number of anilines is 1. The van der Waals surface area contributed by atoms with Gasteiger partial charge in [-0.15, -0.1) is 0 Å². The molecule has 0 saturated carbocycles. The summed E-state index contributed by atoms with van der Waals surface area (Å²) in [5, 5.41) is 0. The third-order valence-corrected chi connectivity index (χ3v) is 4.89. The van der Waals surface area contributed by atoms with Gasteiger partial charge in [-0.25, -0.2) is 9.78 Å². The molecule has 1 saturated heterocycles. The summed E-state index contributed by atoms with van der Waals surface area (Å²) < 4.78 is 6.94. The summed E-state index contributed by atoms with van der Waals surface area (Å²) in [5.74, 6) is -0.0805. The molecule has 0 aliphatic carbocycles.